The van der Waals surface area contributed by atoms with Crippen LogP contribution in [0.2, 0.25) is 0 Å². The largest absolute Gasteiger partial charge is 0.389 e. The molecule has 1 aromatic heterocycles. The van der Waals surface area contributed by atoms with Crippen LogP contribution in [0.5, 0.6) is 0 Å². The number of nitrogens with zero attached hydrogens (tertiary/aromatic N) is 2. The topological polar surface area (TPSA) is 38.0 Å². The summed E-state index contributed by atoms with van der Waals surface area (Å²) in [7, 11) is 0. The molecule has 1 aliphatic rings. The van der Waals surface area contributed by atoms with Crippen LogP contribution in [0, 0.1) is 13.8 Å². The lowest BCUT2D eigenvalue weighted by Crippen LogP contribution is -2.03. The first-order valence-electron chi connectivity index (χ1n) is 6.64. The molecule has 2 aromatic rings. The maximum Gasteiger partial charge on any atom is 0.0730 e. The van der Waals surface area contributed by atoms with Gasteiger partial charge in [-0.3, -0.25) is 0 Å². The van der Waals surface area contributed by atoms with Crippen LogP contribution in [0.25, 0.3) is 5.69 Å². The van der Waals surface area contributed by atoms with Crippen molar-refractivity contribution >= 4 is 0 Å². The number of aliphatic hydroxyl groups excluding tert-OH is 1. The Morgan fingerprint density at radius 2 is 1.89 bits per heavy atom. The summed E-state index contributed by atoms with van der Waals surface area (Å²) >= 11 is 0. The Hall–Kier alpha value is -1.87. The van der Waals surface area contributed by atoms with Gasteiger partial charge in [0.25, 0.3) is 0 Å². The Kier molecular flexibility index (Phi) is 2.99. The summed E-state index contributed by atoms with van der Waals surface area (Å²) in [4.78, 5) is 0. The van der Waals surface area contributed by atoms with E-state index in [0.29, 0.717) is 0 Å². The number of aliphatic hydroxyl groups is 1. The zero-order chi connectivity index (χ0) is 13.4. The number of aryl methyl sites for hydroxylation is 1. The van der Waals surface area contributed by atoms with E-state index >= 15 is 0 Å². The molecule has 0 bridgehead atoms. The van der Waals surface area contributed by atoms with E-state index in [1.165, 1.54) is 5.56 Å². The number of rotatable bonds is 2. The lowest BCUT2D eigenvalue weighted by Gasteiger charge is -2.10. The highest BCUT2D eigenvalue weighted by molar-refractivity contribution is 5.40. The smallest absolute Gasteiger partial charge is 0.0730 e. The Labute approximate surface area is 113 Å². The van der Waals surface area contributed by atoms with Gasteiger partial charge in [-0.1, -0.05) is 30.4 Å². The molecule has 0 amide bonds. The van der Waals surface area contributed by atoms with Crippen LogP contribution in [0.1, 0.15) is 29.3 Å². The van der Waals surface area contributed by atoms with Crippen LogP contribution < -0.4 is 0 Å². The zero-order valence-corrected chi connectivity index (χ0v) is 11.2. The molecule has 1 heterocycles. The Morgan fingerprint density at radius 3 is 2.53 bits per heavy atom. The standard InChI is InChI=1S/C16H18N2O/c1-11-16(13-8-9-15(19)10-13)12(2)18(17-11)14-6-4-3-5-7-14/h3-9,13,15,19H,10H2,1-2H3. The third-order valence-electron chi connectivity index (χ3n) is 3.78. The van der Waals surface area contributed by atoms with Gasteiger partial charge in [-0.25, -0.2) is 4.68 Å². The van der Waals surface area contributed by atoms with E-state index in [1.807, 2.05) is 35.9 Å². The summed E-state index contributed by atoms with van der Waals surface area (Å²) in [5.74, 6) is 0.285. The lowest BCUT2D eigenvalue weighted by atomic mass is 9.96. The van der Waals surface area contributed by atoms with Gasteiger partial charge in [0.2, 0.25) is 0 Å². The van der Waals surface area contributed by atoms with Crippen molar-refractivity contribution < 1.29 is 5.11 Å². The summed E-state index contributed by atoms with van der Waals surface area (Å²) in [6.45, 7) is 4.14. The average molecular weight is 254 g/mol. The van der Waals surface area contributed by atoms with Gasteiger partial charge in [0.05, 0.1) is 17.5 Å². The average Bonchev–Trinajstić information content (AvgIpc) is 2.95. The van der Waals surface area contributed by atoms with Crippen LogP contribution in [0.15, 0.2) is 42.5 Å². The molecule has 0 fully saturated rings. The molecule has 3 rings (SSSR count). The molecule has 0 saturated heterocycles. The van der Waals surface area contributed by atoms with Crippen LogP contribution in [0.4, 0.5) is 0 Å². The number of para-hydroxylation sites is 1. The highest BCUT2D eigenvalue weighted by atomic mass is 16.3. The summed E-state index contributed by atoms with van der Waals surface area (Å²) in [6, 6.07) is 10.2. The van der Waals surface area contributed by atoms with Crippen molar-refractivity contribution in [3.8, 4) is 5.69 Å². The molecule has 0 radical (unpaired) electrons. The molecule has 1 aliphatic carbocycles. The maximum absolute atomic E-state index is 9.65. The minimum Gasteiger partial charge on any atom is -0.389 e. The first-order valence-corrected chi connectivity index (χ1v) is 6.64. The van der Waals surface area contributed by atoms with Crippen molar-refractivity contribution in [2.45, 2.75) is 32.3 Å². The highest BCUT2D eigenvalue weighted by Gasteiger charge is 2.24. The Balaban J connectivity index is 2.04. The summed E-state index contributed by atoms with van der Waals surface area (Å²) < 4.78 is 1.99. The molecule has 98 valence electrons. The normalized spacial score (nSPS) is 22.1. The zero-order valence-electron chi connectivity index (χ0n) is 11.2. The molecular weight excluding hydrogens is 236 g/mol. The van der Waals surface area contributed by atoms with E-state index in [2.05, 4.69) is 30.2 Å². The van der Waals surface area contributed by atoms with E-state index in [4.69, 9.17) is 0 Å². The Bertz CT molecular complexity index is 613. The van der Waals surface area contributed by atoms with E-state index in [0.717, 1.165) is 23.5 Å². The molecule has 3 nitrogen and oxygen atoms in total. The second-order valence-corrected chi connectivity index (χ2v) is 5.13. The van der Waals surface area contributed by atoms with Crippen LogP contribution >= 0.6 is 0 Å². The fraction of sp³-hybridized carbons (Fsp3) is 0.312. The van der Waals surface area contributed by atoms with Gasteiger partial charge < -0.3 is 5.11 Å². The minimum absolute atomic E-state index is 0.285. The maximum atomic E-state index is 9.65. The van der Waals surface area contributed by atoms with Crippen molar-refractivity contribution in [1.82, 2.24) is 9.78 Å². The quantitative estimate of drug-likeness (QED) is 0.837. The molecule has 0 aliphatic heterocycles. The predicted molar refractivity (Wildman–Crippen MR) is 75.5 cm³/mol. The third-order valence-corrected chi connectivity index (χ3v) is 3.78. The van der Waals surface area contributed by atoms with Crippen LogP contribution in [-0.4, -0.2) is 21.0 Å². The Morgan fingerprint density at radius 1 is 1.16 bits per heavy atom. The van der Waals surface area contributed by atoms with E-state index < -0.39 is 0 Å². The van der Waals surface area contributed by atoms with Gasteiger partial charge in [0.1, 0.15) is 0 Å². The van der Waals surface area contributed by atoms with Crippen molar-refractivity contribution in [2.75, 3.05) is 0 Å². The van der Waals surface area contributed by atoms with Crippen molar-refractivity contribution in [1.29, 1.82) is 0 Å². The highest BCUT2D eigenvalue weighted by Crippen LogP contribution is 2.33. The fourth-order valence-electron chi connectivity index (χ4n) is 2.91. The van der Waals surface area contributed by atoms with Crippen LogP contribution in [0.3, 0.4) is 0 Å². The van der Waals surface area contributed by atoms with Gasteiger partial charge in [-0.05, 0) is 32.4 Å². The molecular formula is C16H18N2O. The van der Waals surface area contributed by atoms with Crippen LogP contribution in [-0.2, 0) is 0 Å². The monoisotopic (exact) mass is 254 g/mol. The molecule has 1 aromatic carbocycles. The number of allylic oxidation sites excluding steroid dienone is 1. The van der Waals surface area contributed by atoms with E-state index in [1.54, 1.807) is 0 Å². The van der Waals surface area contributed by atoms with Crippen molar-refractivity contribution in [3.05, 3.63) is 59.4 Å². The molecule has 0 saturated carbocycles. The van der Waals surface area contributed by atoms with Gasteiger partial charge >= 0.3 is 0 Å². The van der Waals surface area contributed by atoms with Gasteiger partial charge in [-0.2, -0.15) is 5.10 Å². The molecule has 0 spiro atoms. The second-order valence-electron chi connectivity index (χ2n) is 5.13. The van der Waals surface area contributed by atoms with E-state index in [9.17, 15) is 5.11 Å². The van der Waals surface area contributed by atoms with Gasteiger partial charge in [0.15, 0.2) is 0 Å². The van der Waals surface area contributed by atoms with Gasteiger partial charge in [-0.15, -0.1) is 0 Å². The molecule has 2 atom stereocenters. The SMILES string of the molecule is Cc1nn(-c2ccccc2)c(C)c1C1C=CC(O)C1. The summed E-state index contributed by atoms with van der Waals surface area (Å²) in [5, 5.41) is 14.3. The fourth-order valence-corrected chi connectivity index (χ4v) is 2.91. The van der Waals surface area contributed by atoms with E-state index in [-0.39, 0.29) is 12.0 Å². The van der Waals surface area contributed by atoms with Gasteiger partial charge in [0, 0.05) is 17.2 Å². The minimum atomic E-state index is -0.316. The number of benzene rings is 1. The number of aromatic nitrogens is 2. The lowest BCUT2D eigenvalue weighted by molar-refractivity contribution is 0.218. The predicted octanol–water partition coefficient (Wildman–Crippen LogP) is 2.89. The third kappa shape index (κ3) is 2.10. The number of hydrogen-bond donors (Lipinski definition) is 1. The first kappa shape index (κ1) is 12.2. The molecule has 3 heteroatoms. The summed E-state index contributed by atoms with van der Waals surface area (Å²) in [6.07, 6.45) is 4.42. The first-order chi connectivity index (χ1) is 9.16. The molecule has 19 heavy (non-hydrogen) atoms. The van der Waals surface area contributed by atoms with Crippen molar-refractivity contribution in [2.24, 2.45) is 0 Å². The molecule has 1 N–H and O–H groups in total. The van der Waals surface area contributed by atoms with Crippen molar-refractivity contribution in [3.63, 3.8) is 0 Å². The second kappa shape index (κ2) is 4.67. The number of hydrogen-bond acceptors (Lipinski definition) is 2. The summed E-state index contributed by atoms with van der Waals surface area (Å²) in [5.41, 5.74) is 4.53. The molecule has 2 unspecified atom stereocenters.